The van der Waals surface area contributed by atoms with Crippen LogP contribution in [0.1, 0.15) is 55.6 Å². The molecule has 1 saturated heterocycles. The fourth-order valence-corrected chi connectivity index (χ4v) is 4.19. The molecule has 0 bridgehead atoms. The SMILES string of the molecule is Cc1ccnc(OCC=O)c1[C@H]1CC[C@@H](OCC2NCCCC2N)CC1. The van der Waals surface area contributed by atoms with Gasteiger partial charge in [-0.05, 0) is 69.5 Å². The zero-order chi connectivity index (χ0) is 18.4. The first kappa shape index (κ1) is 19.3. The van der Waals surface area contributed by atoms with E-state index >= 15 is 0 Å². The van der Waals surface area contributed by atoms with Gasteiger partial charge in [0.05, 0.1) is 12.7 Å². The minimum atomic E-state index is 0.0521. The summed E-state index contributed by atoms with van der Waals surface area (Å²) in [4.78, 5) is 15.0. The van der Waals surface area contributed by atoms with Crippen molar-refractivity contribution >= 4 is 6.29 Å². The summed E-state index contributed by atoms with van der Waals surface area (Å²) in [5.74, 6) is 1.03. The molecule has 1 saturated carbocycles. The zero-order valence-electron chi connectivity index (χ0n) is 15.7. The van der Waals surface area contributed by atoms with E-state index in [9.17, 15) is 4.79 Å². The summed E-state index contributed by atoms with van der Waals surface area (Å²) in [5, 5.41) is 3.47. The molecule has 2 atom stereocenters. The Morgan fingerprint density at radius 2 is 2.12 bits per heavy atom. The quantitative estimate of drug-likeness (QED) is 0.723. The molecule has 0 radical (unpaired) electrons. The number of rotatable bonds is 7. The largest absolute Gasteiger partial charge is 0.470 e. The zero-order valence-corrected chi connectivity index (χ0v) is 15.7. The first-order valence-corrected chi connectivity index (χ1v) is 9.81. The number of carbonyl (C=O) groups excluding carboxylic acids is 1. The van der Waals surface area contributed by atoms with E-state index in [2.05, 4.69) is 17.2 Å². The third kappa shape index (κ3) is 4.81. The van der Waals surface area contributed by atoms with Crippen molar-refractivity contribution in [3.8, 4) is 5.88 Å². The highest BCUT2D eigenvalue weighted by atomic mass is 16.5. The molecule has 1 aromatic rings. The second kappa shape index (κ2) is 9.44. The fourth-order valence-electron chi connectivity index (χ4n) is 4.19. The average molecular weight is 361 g/mol. The Bertz CT molecular complexity index is 588. The molecule has 0 amide bonds. The van der Waals surface area contributed by atoms with Crippen molar-refractivity contribution in [3.63, 3.8) is 0 Å². The number of aromatic nitrogens is 1. The van der Waals surface area contributed by atoms with Gasteiger partial charge in [-0.15, -0.1) is 0 Å². The molecule has 144 valence electrons. The third-order valence-corrected chi connectivity index (χ3v) is 5.69. The van der Waals surface area contributed by atoms with Crippen molar-refractivity contribution in [1.82, 2.24) is 10.3 Å². The molecule has 6 nitrogen and oxygen atoms in total. The van der Waals surface area contributed by atoms with E-state index in [0.717, 1.165) is 56.9 Å². The van der Waals surface area contributed by atoms with Crippen LogP contribution in [0.3, 0.4) is 0 Å². The molecule has 3 N–H and O–H groups in total. The van der Waals surface area contributed by atoms with Crippen LogP contribution in [0.4, 0.5) is 0 Å². The lowest BCUT2D eigenvalue weighted by Gasteiger charge is -2.34. The number of pyridine rings is 1. The Balaban J connectivity index is 1.53. The van der Waals surface area contributed by atoms with E-state index in [4.69, 9.17) is 15.2 Å². The molecule has 26 heavy (non-hydrogen) atoms. The van der Waals surface area contributed by atoms with Crippen LogP contribution in [0.2, 0.25) is 0 Å². The Hall–Kier alpha value is -1.50. The third-order valence-electron chi connectivity index (χ3n) is 5.69. The van der Waals surface area contributed by atoms with E-state index in [1.807, 2.05) is 6.07 Å². The number of nitrogens with two attached hydrogens (primary N) is 1. The summed E-state index contributed by atoms with van der Waals surface area (Å²) < 4.78 is 11.7. The number of piperidine rings is 1. The summed E-state index contributed by atoms with van der Waals surface area (Å²) >= 11 is 0. The van der Waals surface area contributed by atoms with Gasteiger partial charge in [0.15, 0.2) is 6.29 Å². The van der Waals surface area contributed by atoms with Crippen LogP contribution in [0.15, 0.2) is 12.3 Å². The van der Waals surface area contributed by atoms with E-state index in [1.165, 1.54) is 5.56 Å². The topological polar surface area (TPSA) is 86.5 Å². The van der Waals surface area contributed by atoms with Gasteiger partial charge in [-0.1, -0.05) is 0 Å². The van der Waals surface area contributed by atoms with E-state index in [0.29, 0.717) is 24.5 Å². The van der Waals surface area contributed by atoms with Crippen molar-refractivity contribution in [3.05, 3.63) is 23.4 Å². The predicted octanol–water partition coefficient (Wildman–Crippen LogP) is 2.09. The second-order valence-corrected chi connectivity index (χ2v) is 7.50. The number of nitrogens with zero attached hydrogens (tertiary/aromatic N) is 1. The average Bonchev–Trinajstić information content (AvgIpc) is 2.66. The van der Waals surface area contributed by atoms with Crippen molar-refractivity contribution in [2.75, 3.05) is 19.8 Å². The molecule has 2 heterocycles. The number of hydrogen-bond donors (Lipinski definition) is 2. The highest BCUT2D eigenvalue weighted by Gasteiger charge is 2.28. The normalized spacial score (nSPS) is 29.3. The van der Waals surface area contributed by atoms with Gasteiger partial charge in [0, 0.05) is 23.8 Å². The Labute approximate surface area is 155 Å². The standard InChI is InChI=1S/C20H31N3O3/c1-14-8-10-23-20(25-12-11-24)19(14)15-4-6-16(7-5-15)26-13-18-17(21)3-2-9-22-18/h8,10-11,15-18,22H,2-7,9,12-13,21H2,1H3/t15-,16+,17?,18?. The van der Waals surface area contributed by atoms with Gasteiger partial charge in [-0.2, -0.15) is 0 Å². The monoisotopic (exact) mass is 361 g/mol. The number of nitrogens with one attached hydrogen (secondary N) is 1. The smallest absolute Gasteiger partial charge is 0.217 e. The number of hydrogen-bond acceptors (Lipinski definition) is 6. The van der Waals surface area contributed by atoms with Crippen LogP contribution in [0.5, 0.6) is 5.88 Å². The summed E-state index contributed by atoms with van der Waals surface area (Å²) in [5.41, 5.74) is 8.52. The second-order valence-electron chi connectivity index (χ2n) is 7.50. The van der Waals surface area contributed by atoms with Gasteiger partial charge in [-0.3, -0.25) is 4.79 Å². The highest BCUT2D eigenvalue weighted by Crippen LogP contribution is 2.39. The summed E-state index contributed by atoms with van der Waals surface area (Å²) in [6.07, 6.45) is 9.23. The molecule has 2 fully saturated rings. The van der Waals surface area contributed by atoms with Gasteiger partial charge in [0.2, 0.25) is 5.88 Å². The first-order chi connectivity index (χ1) is 12.7. The summed E-state index contributed by atoms with van der Waals surface area (Å²) in [6, 6.07) is 2.50. The molecular weight excluding hydrogens is 330 g/mol. The highest BCUT2D eigenvalue weighted by molar-refractivity contribution is 5.51. The van der Waals surface area contributed by atoms with Gasteiger partial charge >= 0.3 is 0 Å². The maximum atomic E-state index is 10.6. The molecule has 1 aliphatic carbocycles. The molecule has 0 aromatic carbocycles. The molecule has 1 aliphatic heterocycles. The summed E-state index contributed by atoms with van der Waals surface area (Å²) in [6.45, 7) is 3.88. The van der Waals surface area contributed by atoms with Gasteiger partial charge < -0.3 is 20.5 Å². The first-order valence-electron chi connectivity index (χ1n) is 9.81. The molecular formula is C20H31N3O3. The molecule has 1 aromatic heterocycles. The predicted molar refractivity (Wildman–Crippen MR) is 100 cm³/mol. The lowest BCUT2D eigenvalue weighted by atomic mass is 9.81. The molecule has 6 heteroatoms. The van der Waals surface area contributed by atoms with Crippen molar-refractivity contribution in [2.24, 2.45) is 5.73 Å². The number of carbonyl (C=O) groups is 1. The lowest BCUT2D eigenvalue weighted by molar-refractivity contribution is -0.109. The molecule has 3 rings (SSSR count). The van der Waals surface area contributed by atoms with Crippen molar-refractivity contribution < 1.29 is 14.3 Å². The maximum Gasteiger partial charge on any atom is 0.217 e. The number of ether oxygens (including phenoxy) is 2. The molecule has 2 unspecified atom stereocenters. The van der Waals surface area contributed by atoms with E-state index < -0.39 is 0 Å². The maximum absolute atomic E-state index is 10.6. The molecule has 0 spiro atoms. The van der Waals surface area contributed by atoms with Crippen LogP contribution >= 0.6 is 0 Å². The number of aryl methyl sites for hydroxylation is 1. The van der Waals surface area contributed by atoms with Crippen molar-refractivity contribution in [1.29, 1.82) is 0 Å². The Kier molecular flexibility index (Phi) is 7.00. The lowest BCUT2D eigenvalue weighted by Crippen LogP contribution is -2.52. The van der Waals surface area contributed by atoms with Gasteiger partial charge in [0.1, 0.15) is 6.61 Å². The van der Waals surface area contributed by atoms with Gasteiger partial charge in [0.25, 0.3) is 0 Å². The fraction of sp³-hybridized carbons (Fsp3) is 0.700. The number of aldehydes is 1. The van der Waals surface area contributed by atoms with Crippen molar-refractivity contribution in [2.45, 2.75) is 69.6 Å². The van der Waals surface area contributed by atoms with Crippen LogP contribution in [-0.2, 0) is 9.53 Å². The van der Waals surface area contributed by atoms with Crippen LogP contribution in [0, 0.1) is 6.92 Å². The Morgan fingerprint density at radius 1 is 1.31 bits per heavy atom. The van der Waals surface area contributed by atoms with Crippen LogP contribution < -0.4 is 15.8 Å². The van der Waals surface area contributed by atoms with E-state index in [1.54, 1.807) is 6.20 Å². The minimum Gasteiger partial charge on any atom is -0.470 e. The van der Waals surface area contributed by atoms with Gasteiger partial charge in [-0.25, -0.2) is 4.98 Å². The Morgan fingerprint density at radius 3 is 2.85 bits per heavy atom. The van der Waals surface area contributed by atoms with Crippen LogP contribution in [0.25, 0.3) is 0 Å². The minimum absolute atomic E-state index is 0.0521. The van der Waals surface area contributed by atoms with E-state index in [-0.39, 0.29) is 18.7 Å². The summed E-state index contributed by atoms with van der Waals surface area (Å²) in [7, 11) is 0. The molecule has 2 aliphatic rings. The van der Waals surface area contributed by atoms with Crippen LogP contribution in [-0.4, -0.2) is 49.2 Å².